The molecule has 0 aromatic carbocycles. The van der Waals surface area contributed by atoms with Crippen LogP contribution in [0.15, 0.2) is 21.8 Å². The second-order valence-electron chi connectivity index (χ2n) is 2.98. The molecule has 1 N–H and O–H groups in total. The van der Waals surface area contributed by atoms with E-state index in [1.54, 1.807) is 0 Å². The van der Waals surface area contributed by atoms with Gasteiger partial charge in [0.1, 0.15) is 4.92 Å². The van der Waals surface area contributed by atoms with Crippen LogP contribution in [0.2, 0.25) is 0 Å². The summed E-state index contributed by atoms with van der Waals surface area (Å²) in [7, 11) is 1.37. The molecule has 2 rings (SSSR count). The molecule has 0 spiro atoms. The number of aromatic nitrogens is 3. The monoisotopic (exact) mass is 238 g/mol. The first kappa shape index (κ1) is 10.7. The topological polar surface area (TPSA) is 131 Å². The molecule has 10 heteroatoms. The van der Waals surface area contributed by atoms with Gasteiger partial charge in [0.15, 0.2) is 11.6 Å². The van der Waals surface area contributed by atoms with Gasteiger partial charge in [-0.25, -0.2) is 0 Å². The number of nitrogens with one attached hydrogen (secondary N) is 1. The summed E-state index contributed by atoms with van der Waals surface area (Å²) in [5.74, 6) is -0.0489. The first-order valence-corrected chi connectivity index (χ1v) is 4.36. The van der Waals surface area contributed by atoms with Crippen molar-refractivity contribution in [2.75, 3.05) is 12.1 Å². The highest BCUT2D eigenvalue weighted by atomic mass is 16.6. The van der Waals surface area contributed by atoms with Gasteiger partial charge in [0.25, 0.3) is 5.95 Å². The number of furan rings is 1. The SMILES string of the molecule is CN(N=O)c1n[nH]c(-c2ccc([N+](=O)[O-])o2)n1. The minimum Gasteiger partial charge on any atom is -0.397 e. The van der Waals surface area contributed by atoms with Crippen molar-refractivity contribution < 1.29 is 9.34 Å². The lowest BCUT2D eigenvalue weighted by Crippen LogP contribution is -2.08. The molecule has 0 unspecified atom stereocenters. The van der Waals surface area contributed by atoms with Crippen molar-refractivity contribution in [3.8, 4) is 11.6 Å². The maximum absolute atomic E-state index is 10.4. The van der Waals surface area contributed by atoms with Crippen LogP contribution in [-0.2, 0) is 0 Å². The van der Waals surface area contributed by atoms with Gasteiger partial charge in [-0.2, -0.15) is 9.99 Å². The van der Waals surface area contributed by atoms with Gasteiger partial charge in [-0.05, 0) is 6.07 Å². The van der Waals surface area contributed by atoms with Crippen molar-refractivity contribution in [2.45, 2.75) is 0 Å². The van der Waals surface area contributed by atoms with Gasteiger partial charge in [-0.15, -0.1) is 10.0 Å². The molecule has 10 nitrogen and oxygen atoms in total. The number of nitroso groups, excluding NO2 is 1. The van der Waals surface area contributed by atoms with Crippen LogP contribution in [0.1, 0.15) is 0 Å². The van der Waals surface area contributed by atoms with Crippen LogP contribution in [0, 0.1) is 15.0 Å². The molecule has 0 radical (unpaired) electrons. The lowest BCUT2D eigenvalue weighted by Gasteiger charge is -1.98. The van der Waals surface area contributed by atoms with E-state index in [0.717, 1.165) is 5.01 Å². The molecule has 0 atom stereocenters. The maximum atomic E-state index is 10.4. The molecular weight excluding hydrogens is 232 g/mol. The van der Waals surface area contributed by atoms with Gasteiger partial charge in [-0.3, -0.25) is 15.2 Å². The molecule has 17 heavy (non-hydrogen) atoms. The fourth-order valence-electron chi connectivity index (χ4n) is 1.10. The van der Waals surface area contributed by atoms with E-state index >= 15 is 0 Å². The molecule has 0 amide bonds. The van der Waals surface area contributed by atoms with E-state index in [0.29, 0.717) is 0 Å². The largest absolute Gasteiger partial charge is 0.433 e. The molecule has 2 aromatic rings. The first-order chi connectivity index (χ1) is 8.11. The van der Waals surface area contributed by atoms with Gasteiger partial charge in [-0.1, -0.05) is 0 Å². The smallest absolute Gasteiger partial charge is 0.397 e. The lowest BCUT2D eigenvalue weighted by atomic mass is 10.4. The van der Waals surface area contributed by atoms with Crippen LogP contribution in [0.5, 0.6) is 0 Å². The number of hydrogen-bond donors (Lipinski definition) is 1. The second kappa shape index (κ2) is 4.00. The summed E-state index contributed by atoms with van der Waals surface area (Å²) in [4.78, 5) is 23.8. The molecule has 88 valence electrons. The predicted molar refractivity (Wildman–Crippen MR) is 54.9 cm³/mol. The molecule has 2 heterocycles. The van der Waals surface area contributed by atoms with Crippen molar-refractivity contribution in [1.82, 2.24) is 15.2 Å². The van der Waals surface area contributed by atoms with Gasteiger partial charge >= 0.3 is 5.88 Å². The number of nitrogens with zero attached hydrogens (tertiary/aromatic N) is 5. The van der Waals surface area contributed by atoms with Crippen molar-refractivity contribution in [1.29, 1.82) is 0 Å². The summed E-state index contributed by atoms with van der Waals surface area (Å²) in [6, 6.07) is 2.57. The summed E-state index contributed by atoms with van der Waals surface area (Å²) in [6.07, 6.45) is 0. The Hall–Kier alpha value is -2.78. The highest BCUT2D eigenvalue weighted by molar-refractivity contribution is 5.50. The van der Waals surface area contributed by atoms with Crippen LogP contribution in [0.4, 0.5) is 11.8 Å². The minimum atomic E-state index is -0.667. The minimum absolute atomic E-state index is 0.0362. The average Bonchev–Trinajstić information content (AvgIpc) is 2.95. The van der Waals surface area contributed by atoms with E-state index in [-0.39, 0.29) is 17.5 Å². The normalized spacial score (nSPS) is 10.2. The zero-order valence-corrected chi connectivity index (χ0v) is 8.52. The maximum Gasteiger partial charge on any atom is 0.433 e. The molecule has 0 bridgehead atoms. The van der Waals surface area contributed by atoms with E-state index in [4.69, 9.17) is 4.42 Å². The Morgan fingerprint density at radius 3 is 2.94 bits per heavy atom. The molecule has 0 aliphatic carbocycles. The molecular formula is C7H6N6O4. The summed E-state index contributed by atoms with van der Waals surface area (Å²) in [6.45, 7) is 0. The van der Waals surface area contributed by atoms with Gasteiger partial charge in [0.2, 0.25) is 0 Å². The molecule has 0 saturated carbocycles. The van der Waals surface area contributed by atoms with Crippen molar-refractivity contribution in [3.05, 3.63) is 27.2 Å². The van der Waals surface area contributed by atoms with Gasteiger partial charge < -0.3 is 4.42 Å². The van der Waals surface area contributed by atoms with Crippen molar-refractivity contribution in [2.24, 2.45) is 5.29 Å². The summed E-state index contributed by atoms with van der Waals surface area (Å²) >= 11 is 0. The average molecular weight is 238 g/mol. The van der Waals surface area contributed by atoms with Crippen LogP contribution in [-0.4, -0.2) is 27.2 Å². The van der Waals surface area contributed by atoms with E-state index in [1.807, 2.05) is 0 Å². The van der Waals surface area contributed by atoms with Crippen LogP contribution >= 0.6 is 0 Å². The Labute approximate surface area is 93.3 Å². The number of aromatic amines is 1. The lowest BCUT2D eigenvalue weighted by molar-refractivity contribution is -0.401. The highest BCUT2D eigenvalue weighted by Gasteiger charge is 2.17. The number of nitro groups is 1. The third-order valence-corrected chi connectivity index (χ3v) is 1.89. The fourth-order valence-corrected chi connectivity index (χ4v) is 1.10. The number of H-pyrrole nitrogens is 1. The van der Waals surface area contributed by atoms with Gasteiger partial charge in [0.05, 0.1) is 11.4 Å². The third-order valence-electron chi connectivity index (χ3n) is 1.89. The summed E-state index contributed by atoms with van der Waals surface area (Å²) in [5.41, 5.74) is 0. The Kier molecular flexibility index (Phi) is 2.52. The molecule has 2 aromatic heterocycles. The second-order valence-corrected chi connectivity index (χ2v) is 2.98. The van der Waals surface area contributed by atoms with Crippen LogP contribution < -0.4 is 5.01 Å². The number of rotatable bonds is 4. The van der Waals surface area contributed by atoms with E-state index < -0.39 is 10.8 Å². The Bertz CT molecular complexity index is 560. The standard InChI is InChI=1S/C7H6N6O4/c1-12(11-14)7-8-6(9-10-7)4-2-3-5(17-4)13(15)16/h2-3H,1H3,(H,8,9,10). The quantitative estimate of drug-likeness (QED) is 0.479. The first-order valence-electron chi connectivity index (χ1n) is 4.36. The summed E-state index contributed by atoms with van der Waals surface area (Å²) < 4.78 is 4.90. The van der Waals surface area contributed by atoms with Gasteiger partial charge in [0, 0.05) is 7.05 Å². The molecule has 0 saturated heterocycles. The number of hydrogen-bond acceptors (Lipinski definition) is 7. The van der Waals surface area contributed by atoms with Crippen LogP contribution in [0.25, 0.3) is 11.6 Å². The molecule has 0 aliphatic heterocycles. The Morgan fingerprint density at radius 1 is 1.59 bits per heavy atom. The zero-order chi connectivity index (χ0) is 12.4. The molecule has 0 aliphatic rings. The van der Waals surface area contributed by atoms with E-state index in [1.165, 1.54) is 19.2 Å². The fraction of sp³-hybridized carbons (Fsp3) is 0.143. The van der Waals surface area contributed by atoms with Crippen molar-refractivity contribution >= 4 is 11.8 Å². The Morgan fingerprint density at radius 2 is 2.35 bits per heavy atom. The molecule has 0 fully saturated rings. The predicted octanol–water partition coefficient (Wildman–Crippen LogP) is 1.09. The van der Waals surface area contributed by atoms with Crippen molar-refractivity contribution in [3.63, 3.8) is 0 Å². The Balaban J connectivity index is 2.30. The van der Waals surface area contributed by atoms with E-state index in [9.17, 15) is 15.0 Å². The third kappa shape index (κ3) is 1.95. The highest BCUT2D eigenvalue weighted by Crippen LogP contribution is 2.24. The van der Waals surface area contributed by atoms with Crippen LogP contribution in [0.3, 0.4) is 0 Å². The zero-order valence-electron chi connectivity index (χ0n) is 8.52. The summed E-state index contributed by atoms with van der Waals surface area (Å²) in [5, 5.41) is 20.1. The number of anilines is 1. The van der Waals surface area contributed by atoms with E-state index in [2.05, 4.69) is 20.5 Å².